The molecule has 2 fully saturated rings. The number of carbonyl (C=O) groups is 3. The van der Waals surface area contributed by atoms with Gasteiger partial charge in [-0.05, 0) is 12.8 Å². The van der Waals surface area contributed by atoms with Crippen molar-refractivity contribution in [1.29, 1.82) is 0 Å². The van der Waals surface area contributed by atoms with Gasteiger partial charge in [0.05, 0.1) is 6.42 Å². The van der Waals surface area contributed by atoms with Crippen LogP contribution in [0.15, 0.2) is 4.52 Å². The normalized spacial score (nSPS) is 21.3. The van der Waals surface area contributed by atoms with E-state index in [4.69, 9.17) is 4.52 Å². The molecule has 9 heteroatoms. The third-order valence-electron chi connectivity index (χ3n) is 4.11. The Kier molecular flexibility index (Phi) is 4.54. The minimum Gasteiger partial charge on any atom is -0.356 e. The number of nitrogens with zero attached hydrogens (tertiary/aromatic N) is 2. The molecule has 3 N–H and O–H groups in total. The molecular formula is C14H19N5O4. The summed E-state index contributed by atoms with van der Waals surface area (Å²) in [6.07, 6.45) is 4.96. The van der Waals surface area contributed by atoms with Gasteiger partial charge in [-0.3, -0.25) is 14.9 Å². The summed E-state index contributed by atoms with van der Waals surface area (Å²) in [6, 6.07) is -1.37. The van der Waals surface area contributed by atoms with E-state index in [1.807, 2.05) is 0 Å². The standard InChI is InChI=1S/C14H19N5O4/c20-11(7-9-12(21)18-14(22)16-9)15-6-5-10-17-13(23-19-10)8-3-1-2-4-8/h8-9H,1-7H2,(H,15,20)(H2,16,18,21,22)/t9-/m1/s1. The van der Waals surface area contributed by atoms with Crippen LogP contribution >= 0.6 is 0 Å². The van der Waals surface area contributed by atoms with Gasteiger partial charge in [0.1, 0.15) is 6.04 Å². The fourth-order valence-corrected chi connectivity index (χ4v) is 2.88. The molecule has 1 aromatic heterocycles. The highest BCUT2D eigenvalue weighted by atomic mass is 16.5. The SMILES string of the molecule is O=C(C[C@H]1NC(=O)NC1=O)NCCc1noc(C2CCCC2)n1. The van der Waals surface area contributed by atoms with E-state index >= 15 is 0 Å². The van der Waals surface area contributed by atoms with Crippen LogP contribution in [0.25, 0.3) is 0 Å². The number of hydrogen-bond acceptors (Lipinski definition) is 6. The summed E-state index contributed by atoms with van der Waals surface area (Å²) < 4.78 is 5.27. The average molecular weight is 321 g/mol. The predicted octanol–water partition coefficient (Wildman–Crippen LogP) is -0.0160. The topological polar surface area (TPSA) is 126 Å². The van der Waals surface area contributed by atoms with Crippen molar-refractivity contribution >= 4 is 17.8 Å². The van der Waals surface area contributed by atoms with Crippen LogP contribution in [0, 0.1) is 0 Å². The van der Waals surface area contributed by atoms with E-state index in [1.54, 1.807) is 0 Å². The maximum Gasteiger partial charge on any atom is 0.322 e. The van der Waals surface area contributed by atoms with Gasteiger partial charge < -0.3 is 15.2 Å². The molecule has 4 amide bonds. The number of carbonyl (C=O) groups excluding carboxylic acids is 3. The second-order valence-corrected chi connectivity index (χ2v) is 5.85. The molecule has 0 unspecified atom stereocenters. The Hall–Kier alpha value is -2.45. The lowest BCUT2D eigenvalue weighted by Gasteiger charge is -2.07. The molecule has 2 aliphatic rings. The molecule has 3 rings (SSSR count). The molecular weight excluding hydrogens is 302 g/mol. The van der Waals surface area contributed by atoms with Crippen LogP contribution in [0.1, 0.15) is 49.7 Å². The molecule has 0 aromatic carbocycles. The summed E-state index contributed by atoms with van der Waals surface area (Å²) in [5.41, 5.74) is 0. The number of urea groups is 1. The number of rotatable bonds is 6. The number of aromatic nitrogens is 2. The number of hydrogen-bond donors (Lipinski definition) is 3. The van der Waals surface area contributed by atoms with E-state index in [-0.39, 0.29) is 12.3 Å². The van der Waals surface area contributed by atoms with Crippen molar-refractivity contribution in [3.05, 3.63) is 11.7 Å². The monoisotopic (exact) mass is 321 g/mol. The lowest BCUT2D eigenvalue weighted by atomic mass is 10.1. The molecule has 1 aliphatic carbocycles. The van der Waals surface area contributed by atoms with Crippen molar-refractivity contribution in [2.24, 2.45) is 0 Å². The zero-order valence-electron chi connectivity index (χ0n) is 12.6. The van der Waals surface area contributed by atoms with E-state index in [9.17, 15) is 14.4 Å². The lowest BCUT2D eigenvalue weighted by molar-refractivity contribution is -0.126. The Morgan fingerprint density at radius 2 is 2.09 bits per heavy atom. The van der Waals surface area contributed by atoms with Crippen LogP contribution in [0.4, 0.5) is 4.79 Å². The van der Waals surface area contributed by atoms with E-state index in [0.29, 0.717) is 30.6 Å². The quantitative estimate of drug-likeness (QED) is 0.632. The van der Waals surface area contributed by atoms with Crippen LogP contribution in [0.3, 0.4) is 0 Å². The first-order valence-corrected chi connectivity index (χ1v) is 7.82. The number of imide groups is 1. The third kappa shape index (κ3) is 3.85. The van der Waals surface area contributed by atoms with Crippen molar-refractivity contribution < 1.29 is 18.9 Å². The molecule has 9 nitrogen and oxygen atoms in total. The first-order valence-electron chi connectivity index (χ1n) is 7.82. The van der Waals surface area contributed by atoms with E-state index in [0.717, 1.165) is 12.8 Å². The highest BCUT2D eigenvalue weighted by Gasteiger charge is 2.31. The average Bonchev–Trinajstić information content (AvgIpc) is 3.21. The largest absolute Gasteiger partial charge is 0.356 e. The first kappa shape index (κ1) is 15.4. The van der Waals surface area contributed by atoms with Gasteiger partial charge in [0.2, 0.25) is 11.8 Å². The number of nitrogens with one attached hydrogen (secondary N) is 3. The Balaban J connectivity index is 1.40. The Labute approximate surface area is 132 Å². The fourth-order valence-electron chi connectivity index (χ4n) is 2.88. The van der Waals surface area contributed by atoms with E-state index in [1.165, 1.54) is 12.8 Å². The van der Waals surface area contributed by atoms with Crippen LogP contribution < -0.4 is 16.0 Å². The molecule has 1 aromatic rings. The molecule has 0 spiro atoms. The van der Waals surface area contributed by atoms with E-state index < -0.39 is 18.0 Å². The van der Waals surface area contributed by atoms with E-state index in [2.05, 4.69) is 26.1 Å². The van der Waals surface area contributed by atoms with Crippen molar-refractivity contribution in [3.63, 3.8) is 0 Å². The molecule has 0 bridgehead atoms. The molecule has 1 saturated heterocycles. The summed E-state index contributed by atoms with van der Waals surface area (Å²) in [5, 5.41) is 11.1. The highest BCUT2D eigenvalue weighted by Crippen LogP contribution is 2.32. The molecule has 1 aliphatic heterocycles. The van der Waals surface area contributed by atoms with Gasteiger partial charge in [-0.1, -0.05) is 18.0 Å². The molecule has 1 saturated carbocycles. The number of amides is 4. The fraction of sp³-hybridized carbons (Fsp3) is 0.643. The predicted molar refractivity (Wildman–Crippen MR) is 77.3 cm³/mol. The zero-order valence-corrected chi connectivity index (χ0v) is 12.6. The molecule has 23 heavy (non-hydrogen) atoms. The minimum atomic E-state index is -0.804. The van der Waals surface area contributed by atoms with Crippen LogP contribution in [0.5, 0.6) is 0 Å². The van der Waals surface area contributed by atoms with Gasteiger partial charge in [0.15, 0.2) is 5.82 Å². The summed E-state index contributed by atoms with van der Waals surface area (Å²) in [5.74, 6) is 0.833. The minimum absolute atomic E-state index is 0.0862. The third-order valence-corrected chi connectivity index (χ3v) is 4.11. The first-order chi connectivity index (χ1) is 11.1. The zero-order chi connectivity index (χ0) is 16.2. The Bertz CT molecular complexity index is 608. The summed E-state index contributed by atoms with van der Waals surface area (Å²) in [6.45, 7) is 0.352. The summed E-state index contributed by atoms with van der Waals surface area (Å²) in [4.78, 5) is 38.4. The van der Waals surface area contributed by atoms with Gasteiger partial charge in [0, 0.05) is 18.9 Å². The van der Waals surface area contributed by atoms with Crippen molar-refractivity contribution in [3.8, 4) is 0 Å². The summed E-state index contributed by atoms with van der Waals surface area (Å²) >= 11 is 0. The Morgan fingerprint density at radius 3 is 2.78 bits per heavy atom. The van der Waals surface area contributed by atoms with Gasteiger partial charge in [-0.15, -0.1) is 0 Å². The van der Waals surface area contributed by atoms with Gasteiger partial charge in [-0.2, -0.15) is 4.98 Å². The maximum absolute atomic E-state index is 11.7. The lowest BCUT2D eigenvalue weighted by Crippen LogP contribution is -2.36. The molecule has 1 atom stereocenters. The van der Waals surface area contributed by atoms with Crippen molar-refractivity contribution in [2.75, 3.05) is 6.54 Å². The van der Waals surface area contributed by atoms with Gasteiger partial charge in [0.25, 0.3) is 5.91 Å². The van der Waals surface area contributed by atoms with Crippen molar-refractivity contribution in [1.82, 2.24) is 26.1 Å². The van der Waals surface area contributed by atoms with Gasteiger partial charge in [-0.25, -0.2) is 4.79 Å². The van der Waals surface area contributed by atoms with Crippen LogP contribution in [-0.4, -0.2) is 40.6 Å². The second-order valence-electron chi connectivity index (χ2n) is 5.85. The highest BCUT2D eigenvalue weighted by molar-refractivity contribution is 6.05. The Morgan fingerprint density at radius 1 is 1.30 bits per heavy atom. The molecule has 0 radical (unpaired) electrons. The second kappa shape index (κ2) is 6.76. The van der Waals surface area contributed by atoms with Crippen LogP contribution in [0.2, 0.25) is 0 Å². The molecule has 2 heterocycles. The van der Waals surface area contributed by atoms with Crippen molar-refractivity contribution in [2.45, 2.75) is 50.5 Å². The van der Waals surface area contributed by atoms with Gasteiger partial charge >= 0.3 is 6.03 Å². The van der Waals surface area contributed by atoms with Crippen LogP contribution in [-0.2, 0) is 16.0 Å². The maximum atomic E-state index is 11.7. The smallest absolute Gasteiger partial charge is 0.322 e. The summed E-state index contributed by atoms with van der Waals surface area (Å²) in [7, 11) is 0. The molecule has 124 valence electrons.